The molecule has 0 saturated carbocycles. The molecule has 4 heteroatoms. The third kappa shape index (κ3) is 5.59. The quantitative estimate of drug-likeness (QED) is 0.777. The van der Waals surface area contributed by atoms with Crippen molar-refractivity contribution in [1.82, 2.24) is 0 Å². The number of carbonyl (C=O) groups is 1. The maximum Gasteiger partial charge on any atom is 0.306 e. The van der Waals surface area contributed by atoms with Crippen molar-refractivity contribution in [2.75, 3.05) is 12.0 Å². The van der Waals surface area contributed by atoms with Crippen LogP contribution >= 0.6 is 27.7 Å². The molecule has 1 aromatic carbocycles. The lowest BCUT2D eigenvalue weighted by Crippen LogP contribution is -2.16. The molecule has 0 aromatic heterocycles. The van der Waals surface area contributed by atoms with Gasteiger partial charge in [-0.15, -0.1) is 0 Å². The zero-order valence-electron chi connectivity index (χ0n) is 9.86. The minimum absolute atomic E-state index is 0.267. The lowest BCUT2D eigenvalue weighted by molar-refractivity contribution is -0.141. The molecule has 1 rings (SSSR count). The molecule has 0 saturated heterocycles. The standard InChI is InChI=1S/C13H17BrO2S/c1-17-7-3-5-11(13(15)16)8-10-4-2-6-12(14)9-10/h2,4,6,9,11H,3,5,7-8H2,1H3,(H,15,16). The van der Waals surface area contributed by atoms with Gasteiger partial charge in [-0.25, -0.2) is 0 Å². The Hall–Kier alpha value is -0.480. The summed E-state index contributed by atoms with van der Waals surface area (Å²) in [6.07, 6.45) is 4.38. The first kappa shape index (κ1) is 14.6. The average Bonchev–Trinajstić information content (AvgIpc) is 2.28. The van der Waals surface area contributed by atoms with Crippen LogP contribution in [0.2, 0.25) is 0 Å². The molecule has 0 radical (unpaired) electrons. The summed E-state index contributed by atoms with van der Waals surface area (Å²) >= 11 is 5.17. The number of thioether (sulfide) groups is 1. The van der Waals surface area contributed by atoms with Crippen LogP contribution in [-0.4, -0.2) is 23.1 Å². The van der Waals surface area contributed by atoms with E-state index in [-0.39, 0.29) is 5.92 Å². The second kappa shape index (κ2) is 7.77. The molecular weight excluding hydrogens is 300 g/mol. The zero-order valence-corrected chi connectivity index (χ0v) is 12.3. The van der Waals surface area contributed by atoms with Gasteiger partial charge in [0, 0.05) is 4.47 Å². The molecule has 0 heterocycles. The van der Waals surface area contributed by atoms with E-state index < -0.39 is 5.97 Å². The van der Waals surface area contributed by atoms with E-state index >= 15 is 0 Å². The number of hydrogen-bond donors (Lipinski definition) is 1. The Morgan fingerprint density at radius 2 is 2.29 bits per heavy atom. The van der Waals surface area contributed by atoms with E-state index in [0.717, 1.165) is 28.6 Å². The van der Waals surface area contributed by atoms with Gasteiger partial charge in [0.2, 0.25) is 0 Å². The fraction of sp³-hybridized carbons (Fsp3) is 0.462. The molecule has 17 heavy (non-hydrogen) atoms. The molecule has 0 aliphatic rings. The second-order valence-electron chi connectivity index (χ2n) is 4.00. The normalized spacial score (nSPS) is 12.4. The van der Waals surface area contributed by atoms with Crippen molar-refractivity contribution in [3.8, 4) is 0 Å². The number of hydrogen-bond acceptors (Lipinski definition) is 2. The number of halogens is 1. The largest absolute Gasteiger partial charge is 0.481 e. The molecule has 1 unspecified atom stereocenters. The molecule has 2 nitrogen and oxygen atoms in total. The molecule has 1 aromatic rings. The van der Waals surface area contributed by atoms with E-state index in [4.69, 9.17) is 0 Å². The zero-order chi connectivity index (χ0) is 12.7. The Morgan fingerprint density at radius 1 is 1.53 bits per heavy atom. The maximum atomic E-state index is 11.2. The highest BCUT2D eigenvalue weighted by Gasteiger charge is 2.17. The van der Waals surface area contributed by atoms with Gasteiger partial charge in [-0.05, 0) is 49.0 Å². The molecule has 0 spiro atoms. The lowest BCUT2D eigenvalue weighted by atomic mass is 9.95. The van der Waals surface area contributed by atoms with E-state index in [1.165, 1.54) is 0 Å². The first-order valence-electron chi connectivity index (χ1n) is 5.59. The van der Waals surface area contributed by atoms with Crippen molar-refractivity contribution in [3.63, 3.8) is 0 Å². The summed E-state index contributed by atoms with van der Waals surface area (Å²) in [4.78, 5) is 11.2. The highest BCUT2D eigenvalue weighted by Crippen LogP contribution is 2.19. The van der Waals surface area contributed by atoms with Gasteiger partial charge in [0.1, 0.15) is 0 Å². The van der Waals surface area contributed by atoms with Gasteiger partial charge >= 0.3 is 5.97 Å². The van der Waals surface area contributed by atoms with Crippen LogP contribution in [0.5, 0.6) is 0 Å². The van der Waals surface area contributed by atoms with Crippen LogP contribution in [0.3, 0.4) is 0 Å². The Bertz CT molecular complexity index is 368. The van der Waals surface area contributed by atoms with Crippen molar-refractivity contribution in [1.29, 1.82) is 0 Å². The Morgan fingerprint density at radius 3 is 2.88 bits per heavy atom. The van der Waals surface area contributed by atoms with E-state index in [1.807, 2.05) is 30.5 Å². The van der Waals surface area contributed by atoms with Gasteiger partial charge in [-0.2, -0.15) is 11.8 Å². The maximum absolute atomic E-state index is 11.2. The number of carboxylic acid groups (broad SMARTS) is 1. The van der Waals surface area contributed by atoms with Gasteiger partial charge < -0.3 is 5.11 Å². The van der Waals surface area contributed by atoms with E-state index in [9.17, 15) is 9.90 Å². The van der Waals surface area contributed by atoms with Crippen LogP contribution in [0.1, 0.15) is 18.4 Å². The monoisotopic (exact) mass is 316 g/mol. The molecule has 0 fully saturated rings. The Balaban J connectivity index is 2.57. The summed E-state index contributed by atoms with van der Waals surface area (Å²) in [5, 5.41) is 9.18. The summed E-state index contributed by atoms with van der Waals surface area (Å²) in [5.41, 5.74) is 1.08. The average molecular weight is 317 g/mol. The first-order valence-corrected chi connectivity index (χ1v) is 7.78. The first-order chi connectivity index (χ1) is 8.13. The summed E-state index contributed by atoms with van der Waals surface area (Å²) in [7, 11) is 0. The van der Waals surface area contributed by atoms with Crippen molar-refractivity contribution in [2.45, 2.75) is 19.3 Å². The third-order valence-electron chi connectivity index (χ3n) is 2.62. The van der Waals surface area contributed by atoms with E-state index in [1.54, 1.807) is 11.8 Å². The van der Waals surface area contributed by atoms with Gasteiger partial charge in [-0.3, -0.25) is 4.79 Å². The second-order valence-corrected chi connectivity index (χ2v) is 5.91. The van der Waals surface area contributed by atoms with Crippen LogP contribution in [0.15, 0.2) is 28.7 Å². The molecule has 0 aliphatic heterocycles. The molecular formula is C13H17BrO2S. The molecule has 1 atom stereocenters. The smallest absolute Gasteiger partial charge is 0.306 e. The fourth-order valence-electron chi connectivity index (χ4n) is 1.74. The van der Waals surface area contributed by atoms with Gasteiger partial charge in [0.25, 0.3) is 0 Å². The minimum atomic E-state index is -0.689. The Kier molecular flexibility index (Phi) is 6.66. The van der Waals surface area contributed by atoms with Crippen LogP contribution < -0.4 is 0 Å². The lowest BCUT2D eigenvalue weighted by Gasteiger charge is -2.12. The van der Waals surface area contributed by atoms with Crippen molar-refractivity contribution >= 4 is 33.7 Å². The van der Waals surface area contributed by atoms with E-state index in [2.05, 4.69) is 15.9 Å². The minimum Gasteiger partial charge on any atom is -0.481 e. The molecule has 0 aliphatic carbocycles. The SMILES string of the molecule is CSCCCC(Cc1cccc(Br)c1)C(=O)O. The summed E-state index contributed by atoms with van der Waals surface area (Å²) in [6, 6.07) is 7.87. The van der Waals surface area contributed by atoms with Crippen molar-refractivity contribution in [3.05, 3.63) is 34.3 Å². The highest BCUT2D eigenvalue weighted by molar-refractivity contribution is 9.10. The van der Waals surface area contributed by atoms with Crippen LogP contribution in [0.4, 0.5) is 0 Å². The highest BCUT2D eigenvalue weighted by atomic mass is 79.9. The van der Waals surface area contributed by atoms with E-state index in [0.29, 0.717) is 6.42 Å². The topological polar surface area (TPSA) is 37.3 Å². The predicted molar refractivity (Wildman–Crippen MR) is 76.6 cm³/mol. The number of aliphatic carboxylic acids is 1. The number of benzene rings is 1. The molecule has 0 amide bonds. The van der Waals surface area contributed by atoms with Crippen LogP contribution in [0, 0.1) is 5.92 Å². The van der Waals surface area contributed by atoms with Crippen LogP contribution in [0.25, 0.3) is 0 Å². The molecule has 0 bridgehead atoms. The third-order valence-corrected chi connectivity index (χ3v) is 3.81. The number of carboxylic acids is 1. The van der Waals surface area contributed by atoms with Crippen molar-refractivity contribution in [2.24, 2.45) is 5.92 Å². The molecule has 94 valence electrons. The van der Waals surface area contributed by atoms with Crippen LogP contribution in [-0.2, 0) is 11.2 Å². The summed E-state index contributed by atoms with van der Waals surface area (Å²) in [5.74, 6) is 0.0740. The van der Waals surface area contributed by atoms with Gasteiger partial charge in [0.15, 0.2) is 0 Å². The fourth-order valence-corrected chi connectivity index (χ4v) is 2.64. The summed E-state index contributed by atoms with van der Waals surface area (Å²) in [6.45, 7) is 0. The van der Waals surface area contributed by atoms with Gasteiger partial charge in [-0.1, -0.05) is 28.1 Å². The predicted octanol–water partition coefficient (Wildman–Crippen LogP) is 3.84. The summed E-state index contributed by atoms with van der Waals surface area (Å²) < 4.78 is 1.00. The number of rotatable bonds is 7. The molecule has 1 N–H and O–H groups in total. The van der Waals surface area contributed by atoms with Gasteiger partial charge in [0.05, 0.1) is 5.92 Å². The Labute approximate surface area is 115 Å². The van der Waals surface area contributed by atoms with Crippen molar-refractivity contribution < 1.29 is 9.90 Å².